The third-order valence-electron chi connectivity index (χ3n) is 3.06. The third-order valence-corrected chi connectivity index (χ3v) is 4.39. The molecular weight excluding hydrogens is 294 g/mol. The molecule has 0 bridgehead atoms. The predicted molar refractivity (Wildman–Crippen MR) is 78.4 cm³/mol. The first-order valence-electron chi connectivity index (χ1n) is 7.00. The summed E-state index contributed by atoms with van der Waals surface area (Å²) in [5.74, 6) is -0.252. The predicted octanol–water partition coefficient (Wildman–Crippen LogP) is 1.39. The molecule has 3 N–H and O–H groups in total. The van der Waals surface area contributed by atoms with E-state index in [2.05, 4.69) is 14.7 Å². The molecule has 120 valence electrons. The fourth-order valence-electron chi connectivity index (χ4n) is 2.12. The van der Waals surface area contributed by atoms with Crippen molar-refractivity contribution in [2.75, 3.05) is 6.54 Å². The van der Waals surface area contributed by atoms with Gasteiger partial charge >= 0.3 is 5.97 Å². The maximum absolute atomic E-state index is 12.1. The molecule has 0 aliphatic heterocycles. The van der Waals surface area contributed by atoms with Gasteiger partial charge in [-0.15, -0.1) is 0 Å². The van der Waals surface area contributed by atoms with Crippen LogP contribution in [0.15, 0.2) is 11.2 Å². The summed E-state index contributed by atoms with van der Waals surface area (Å²) in [5.41, 5.74) is 0. The Balaban J connectivity index is 2.70. The van der Waals surface area contributed by atoms with Crippen LogP contribution >= 0.6 is 0 Å². The SMILES string of the molecule is CCc1ncc(S(=O)(=O)NC[C@H](CC(=O)O)CC(C)C)[nH]1. The maximum Gasteiger partial charge on any atom is 0.303 e. The molecule has 0 aliphatic carbocycles. The van der Waals surface area contributed by atoms with Crippen LogP contribution < -0.4 is 4.72 Å². The summed E-state index contributed by atoms with van der Waals surface area (Å²) in [5, 5.41) is 8.90. The van der Waals surface area contributed by atoms with Gasteiger partial charge in [-0.3, -0.25) is 4.79 Å². The molecular formula is C13H23N3O4S. The van der Waals surface area contributed by atoms with Crippen LogP contribution in [0.5, 0.6) is 0 Å². The second-order valence-electron chi connectivity index (χ2n) is 5.49. The Morgan fingerprint density at radius 1 is 1.48 bits per heavy atom. The molecule has 1 atom stereocenters. The summed E-state index contributed by atoms with van der Waals surface area (Å²) in [6, 6.07) is 0. The number of aromatic nitrogens is 2. The normalized spacial score (nSPS) is 13.5. The van der Waals surface area contributed by atoms with Crippen molar-refractivity contribution in [2.24, 2.45) is 11.8 Å². The van der Waals surface area contributed by atoms with Crippen LogP contribution in [0.4, 0.5) is 0 Å². The van der Waals surface area contributed by atoms with E-state index in [0.717, 1.165) is 0 Å². The number of rotatable bonds is 9. The van der Waals surface area contributed by atoms with Crippen LogP contribution in [0, 0.1) is 11.8 Å². The fourth-order valence-corrected chi connectivity index (χ4v) is 3.17. The van der Waals surface area contributed by atoms with Gasteiger partial charge in [-0.25, -0.2) is 18.1 Å². The lowest BCUT2D eigenvalue weighted by Crippen LogP contribution is -2.31. The molecule has 0 spiro atoms. The molecule has 0 aliphatic rings. The minimum absolute atomic E-state index is 0.0120. The van der Waals surface area contributed by atoms with Crippen LogP contribution in [-0.2, 0) is 21.2 Å². The molecule has 1 aromatic heterocycles. The highest BCUT2D eigenvalue weighted by Crippen LogP contribution is 2.16. The molecule has 0 fully saturated rings. The molecule has 0 saturated carbocycles. The van der Waals surface area contributed by atoms with E-state index in [1.54, 1.807) is 0 Å². The number of carbonyl (C=O) groups is 1. The number of aliphatic carboxylic acids is 1. The topological polar surface area (TPSA) is 112 Å². The standard InChI is InChI=1S/C13H23N3O4S/c1-4-11-14-8-12(16-11)21(19,20)15-7-10(5-9(2)3)6-13(17)18/h8-10,15H,4-7H2,1-3H3,(H,14,16)(H,17,18)/t10-/m0/s1. The molecule has 0 radical (unpaired) electrons. The summed E-state index contributed by atoms with van der Waals surface area (Å²) in [7, 11) is -3.68. The van der Waals surface area contributed by atoms with E-state index in [1.165, 1.54) is 6.20 Å². The van der Waals surface area contributed by atoms with Gasteiger partial charge in [-0.2, -0.15) is 0 Å². The molecule has 0 unspecified atom stereocenters. The number of nitrogens with zero attached hydrogens (tertiary/aromatic N) is 1. The quantitative estimate of drug-likeness (QED) is 0.637. The number of nitrogens with one attached hydrogen (secondary N) is 2. The van der Waals surface area contributed by atoms with Gasteiger partial charge in [0.05, 0.1) is 6.20 Å². The largest absolute Gasteiger partial charge is 0.481 e. The Labute approximate surface area is 125 Å². The Morgan fingerprint density at radius 2 is 2.14 bits per heavy atom. The number of carboxylic acids is 1. The zero-order valence-corrected chi connectivity index (χ0v) is 13.4. The molecule has 1 rings (SSSR count). The average Bonchev–Trinajstić information content (AvgIpc) is 2.84. The van der Waals surface area contributed by atoms with E-state index in [-0.39, 0.29) is 23.9 Å². The number of sulfonamides is 1. The molecule has 1 aromatic rings. The smallest absolute Gasteiger partial charge is 0.303 e. The number of hydrogen-bond acceptors (Lipinski definition) is 4. The molecule has 0 saturated heterocycles. The number of aromatic amines is 1. The highest BCUT2D eigenvalue weighted by Gasteiger charge is 2.21. The number of carboxylic acid groups (broad SMARTS) is 1. The molecule has 0 amide bonds. The van der Waals surface area contributed by atoms with Gasteiger partial charge in [0.25, 0.3) is 10.0 Å². The van der Waals surface area contributed by atoms with Crippen molar-refractivity contribution in [2.45, 2.75) is 45.1 Å². The summed E-state index contributed by atoms with van der Waals surface area (Å²) < 4.78 is 26.7. The highest BCUT2D eigenvalue weighted by molar-refractivity contribution is 7.89. The average molecular weight is 317 g/mol. The van der Waals surface area contributed by atoms with Gasteiger partial charge in [-0.1, -0.05) is 20.8 Å². The van der Waals surface area contributed by atoms with Crippen molar-refractivity contribution in [1.29, 1.82) is 0 Å². The first kappa shape index (κ1) is 17.6. The maximum atomic E-state index is 12.1. The second kappa shape index (κ2) is 7.56. The van der Waals surface area contributed by atoms with E-state index < -0.39 is 16.0 Å². The highest BCUT2D eigenvalue weighted by atomic mass is 32.2. The number of H-pyrrole nitrogens is 1. The van der Waals surface area contributed by atoms with Crippen LogP contribution in [-0.4, -0.2) is 36.0 Å². The summed E-state index contributed by atoms with van der Waals surface area (Å²) >= 11 is 0. The summed E-state index contributed by atoms with van der Waals surface area (Å²) in [6.45, 7) is 5.93. The lowest BCUT2D eigenvalue weighted by Gasteiger charge is -2.17. The monoisotopic (exact) mass is 317 g/mol. The molecule has 1 heterocycles. The Bertz CT molecular complexity index is 566. The molecule has 8 heteroatoms. The molecule has 21 heavy (non-hydrogen) atoms. The lowest BCUT2D eigenvalue weighted by molar-refractivity contribution is -0.138. The summed E-state index contributed by atoms with van der Waals surface area (Å²) in [4.78, 5) is 17.5. The van der Waals surface area contributed by atoms with Gasteiger partial charge < -0.3 is 10.1 Å². The van der Waals surface area contributed by atoms with Crippen molar-refractivity contribution < 1.29 is 18.3 Å². The minimum atomic E-state index is -3.68. The Hall–Kier alpha value is -1.41. The van der Waals surface area contributed by atoms with E-state index in [9.17, 15) is 13.2 Å². The Morgan fingerprint density at radius 3 is 2.62 bits per heavy atom. The van der Waals surface area contributed by atoms with Crippen molar-refractivity contribution in [1.82, 2.24) is 14.7 Å². The van der Waals surface area contributed by atoms with Crippen molar-refractivity contribution in [3.8, 4) is 0 Å². The van der Waals surface area contributed by atoms with E-state index in [0.29, 0.717) is 24.6 Å². The van der Waals surface area contributed by atoms with Gasteiger partial charge in [0, 0.05) is 19.4 Å². The van der Waals surface area contributed by atoms with E-state index in [1.807, 2.05) is 20.8 Å². The van der Waals surface area contributed by atoms with Crippen molar-refractivity contribution in [3.63, 3.8) is 0 Å². The van der Waals surface area contributed by atoms with Gasteiger partial charge in [0.1, 0.15) is 5.82 Å². The summed E-state index contributed by atoms with van der Waals surface area (Å²) in [6.07, 6.45) is 2.49. The van der Waals surface area contributed by atoms with Crippen LogP contribution in [0.2, 0.25) is 0 Å². The minimum Gasteiger partial charge on any atom is -0.481 e. The van der Waals surface area contributed by atoms with E-state index >= 15 is 0 Å². The zero-order chi connectivity index (χ0) is 16.0. The number of imidazole rings is 1. The second-order valence-corrected chi connectivity index (χ2v) is 7.23. The van der Waals surface area contributed by atoms with Crippen molar-refractivity contribution in [3.05, 3.63) is 12.0 Å². The van der Waals surface area contributed by atoms with Crippen LogP contribution in [0.3, 0.4) is 0 Å². The van der Waals surface area contributed by atoms with Crippen molar-refractivity contribution >= 4 is 16.0 Å². The molecule has 0 aromatic carbocycles. The van der Waals surface area contributed by atoms with Crippen LogP contribution in [0.25, 0.3) is 0 Å². The van der Waals surface area contributed by atoms with Gasteiger partial charge in [0.2, 0.25) is 0 Å². The fraction of sp³-hybridized carbons (Fsp3) is 0.692. The van der Waals surface area contributed by atoms with Crippen LogP contribution in [0.1, 0.15) is 39.4 Å². The van der Waals surface area contributed by atoms with Gasteiger partial charge in [-0.05, 0) is 18.3 Å². The van der Waals surface area contributed by atoms with Gasteiger partial charge in [0.15, 0.2) is 5.03 Å². The zero-order valence-electron chi connectivity index (χ0n) is 12.6. The third kappa shape index (κ3) is 5.84. The lowest BCUT2D eigenvalue weighted by atomic mass is 9.94. The first-order valence-corrected chi connectivity index (χ1v) is 8.48. The molecule has 7 nitrogen and oxygen atoms in total. The first-order chi connectivity index (χ1) is 9.74. The van der Waals surface area contributed by atoms with E-state index in [4.69, 9.17) is 5.11 Å². The Kier molecular flexibility index (Phi) is 6.35. The number of hydrogen-bond donors (Lipinski definition) is 3. The number of aryl methyl sites for hydroxylation is 1.